The molecule has 1 amide bonds. The molecule has 0 radical (unpaired) electrons. The summed E-state index contributed by atoms with van der Waals surface area (Å²) in [7, 11) is 0. The highest BCUT2D eigenvalue weighted by atomic mass is 16.5. The average Bonchev–Trinajstić information content (AvgIpc) is 3.33. The molecule has 170 valence electrons. The topological polar surface area (TPSA) is 71.8 Å². The van der Waals surface area contributed by atoms with E-state index in [1.807, 2.05) is 62.5 Å². The zero-order valence-electron chi connectivity index (χ0n) is 19.1. The zero-order valence-corrected chi connectivity index (χ0v) is 19.1. The summed E-state index contributed by atoms with van der Waals surface area (Å²) in [5.74, 6) is 1.76. The van der Waals surface area contributed by atoms with Crippen LogP contribution >= 0.6 is 0 Å². The van der Waals surface area contributed by atoms with Crippen molar-refractivity contribution >= 4 is 28.4 Å². The first-order valence-corrected chi connectivity index (χ1v) is 11.6. The zero-order chi connectivity index (χ0) is 22.8. The number of hydrogen-bond acceptors (Lipinski definition) is 5. The van der Waals surface area contributed by atoms with E-state index in [4.69, 9.17) is 9.72 Å². The molecule has 1 N–H and O–H groups in total. The molecule has 33 heavy (non-hydrogen) atoms. The molecular formula is C26H29N5O2. The number of aromatic nitrogens is 3. The van der Waals surface area contributed by atoms with Gasteiger partial charge < -0.3 is 19.4 Å². The Morgan fingerprint density at radius 3 is 2.79 bits per heavy atom. The van der Waals surface area contributed by atoms with Crippen LogP contribution < -0.4 is 15.0 Å². The van der Waals surface area contributed by atoms with Crippen LogP contribution in [-0.4, -0.2) is 39.5 Å². The lowest BCUT2D eigenvalue weighted by Crippen LogP contribution is -2.43. The molecule has 1 aliphatic rings. The Hall–Kier alpha value is -3.61. The van der Waals surface area contributed by atoms with E-state index in [0.717, 1.165) is 47.6 Å². The Balaban J connectivity index is 1.28. The molecule has 7 nitrogen and oxygen atoms in total. The molecule has 1 unspecified atom stereocenters. The number of nitrogens with one attached hydrogen (secondary N) is 1. The van der Waals surface area contributed by atoms with Gasteiger partial charge >= 0.3 is 0 Å². The predicted octanol–water partition coefficient (Wildman–Crippen LogP) is 4.20. The molecule has 3 aromatic heterocycles. The molecule has 5 rings (SSSR count). The highest BCUT2D eigenvalue weighted by molar-refractivity contribution is 5.84. The smallest absolute Gasteiger partial charge is 0.225 e. The maximum atomic E-state index is 13.0. The molecule has 1 atom stereocenters. The first-order chi connectivity index (χ1) is 16.1. The number of anilines is 1. The molecule has 0 bridgehead atoms. The monoisotopic (exact) mass is 443 g/mol. The number of benzene rings is 1. The van der Waals surface area contributed by atoms with Crippen molar-refractivity contribution in [2.45, 2.75) is 39.3 Å². The van der Waals surface area contributed by atoms with Crippen molar-refractivity contribution in [3.63, 3.8) is 0 Å². The van der Waals surface area contributed by atoms with E-state index in [9.17, 15) is 4.79 Å². The maximum Gasteiger partial charge on any atom is 0.225 e. The van der Waals surface area contributed by atoms with Gasteiger partial charge in [0.2, 0.25) is 5.91 Å². The van der Waals surface area contributed by atoms with Gasteiger partial charge in [0.05, 0.1) is 23.1 Å². The Labute approximate surface area is 193 Å². The fraction of sp³-hybridized carbons (Fsp3) is 0.346. The first kappa shape index (κ1) is 21.2. The molecule has 4 heterocycles. The van der Waals surface area contributed by atoms with Crippen molar-refractivity contribution in [1.82, 2.24) is 19.7 Å². The minimum absolute atomic E-state index is 0.0708. The van der Waals surface area contributed by atoms with Gasteiger partial charge in [0.1, 0.15) is 5.75 Å². The van der Waals surface area contributed by atoms with E-state index in [-0.39, 0.29) is 17.9 Å². The summed E-state index contributed by atoms with van der Waals surface area (Å²) >= 11 is 0. The van der Waals surface area contributed by atoms with Gasteiger partial charge in [0, 0.05) is 32.0 Å². The molecule has 1 aliphatic heterocycles. The van der Waals surface area contributed by atoms with Crippen LogP contribution in [0.4, 0.5) is 5.82 Å². The summed E-state index contributed by atoms with van der Waals surface area (Å²) in [4.78, 5) is 24.5. The predicted molar refractivity (Wildman–Crippen MR) is 129 cm³/mol. The first-order valence-electron chi connectivity index (χ1n) is 11.6. The molecule has 0 aliphatic carbocycles. The summed E-state index contributed by atoms with van der Waals surface area (Å²) in [6, 6.07) is 16.0. The van der Waals surface area contributed by atoms with E-state index in [0.29, 0.717) is 18.7 Å². The number of ether oxygens (including phenoxy) is 1. The summed E-state index contributed by atoms with van der Waals surface area (Å²) in [5.41, 5.74) is 3.80. The normalized spacial score (nSPS) is 16.5. The van der Waals surface area contributed by atoms with Gasteiger partial charge in [-0.15, -0.1) is 0 Å². The van der Waals surface area contributed by atoms with Gasteiger partial charge in [-0.3, -0.25) is 4.79 Å². The van der Waals surface area contributed by atoms with Crippen molar-refractivity contribution in [3.8, 4) is 5.75 Å². The minimum Gasteiger partial charge on any atom is -0.491 e. The lowest BCUT2D eigenvalue weighted by Gasteiger charge is -2.33. The average molecular weight is 444 g/mol. The second-order valence-electron chi connectivity index (χ2n) is 8.86. The number of hydrogen-bond donors (Lipinski definition) is 1. The van der Waals surface area contributed by atoms with E-state index in [1.165, 1.54) is 0 Å². The van der Waals surface area contributed by atoms with Gasteiger partial charge in [0.15, 0.2) is 11.5 Å². The number of carbonyl (C=O) groups is 1. The third kappa shape index (κ3) is 4.49. The second-order valence-corrected chi connectivity index (χ2v) is 8.86. The van der Waals surface area contributed by atoms with Crippen LogP contribution in [0, 0.1) is 5.92 Å². The fourth-order valence-electron chi connectivity index (χ4n) is 4.50. The van der Waals surface area contributed by atoms with Crippen molar-refractivity contribution in [1.29, 1.82) is 0 Å². The standard InChI is InChI=1S/C26H29N5O2/c1-18(2)33-21-11-9-19(10-12-21)16-28-26(32)20-6-4-14-30(17-20)25-23-8-5-15-31(23)22-7-3-13-27-24(22)29-25/h3,5,7-13,15,18,20H,4,6,14,16-17H2,1-2H3,(H,28,32). The Morgan fingerprint density at radius 2 is 1.97 bits per heavy atom. The number of nitrogens with zero attached hydrogens (tertiary/aromatic N) is 4. The van der Waals surface area contributed by atoms with Gasteiger partial charge in [-0.2, -0.15) is 0 Å². The van der Waals surface area contributed by atoms with Crippen molar-refractivity contribution in [2.75, 3.05) is 18.0 Å². The summed E-state index contributed by atoms with van der Waals surface area (Å²) in [6.45, 7) is 6.06. The molecule has 4 aromatic rings. The van der Waals surface area contributed by atoms with Crippen LogP contribution in [0.1, 0.15) is 32.3 Å². The van der Waals surface area contributed by atoms with Crippen LogP contribution in [0.15, 0.2) is 60.9 Å². The number of piperidine rings is 1. The Kier molecular flexibility index (Phi) is 5.86. The lowest BCUT2D eigenvalue weighted by molar-refractivity contribution is -0.125. The number of carbonyl (C=O) groups excluding carboxylic acids is 1. The molecule has 7 heteroatoms. The van der Waals surface area contributed by atoms with Gasteiger partial charge in [-0.1, -0.05) is 12.1 Å². The van der Waals surface area contributed by atoms with Crippen LogP contribution in [0.5, 0.6) is 5.75 Å². The van der Waals surface area contributed by atoms with Gasteiger partial charge in [-0.05, 0) is 68.7 Å². The molecule has 0 saturated carbocycles. The molecular weight excluding hydrogens is 414 g/mol. The quantitative estimate of drug-likeness (QED) is 0.484. The molecule has 1 aromatic carbocycles. The summed E-state index contributed by atoms with van der Waals surface area (Å²) in [5, 5.41) is 3.12. The SMILES string of the molecule is CC(C)Oc1ccc(CNC(=O)C2CCCN(c3nc4ncccc4n4cccc34)C2)cc1. The molecule has 0 spiro atoms. The number of amides is 1. The number of fused-ring (bicyclic) bond motifs is 3. The highest BCUT2D eigenvalue weighted by Gasteiger charge is 2.28. The summed E-state index contributed by atoms with van der Waals surface area (Å²) < 4.78 is 7.82. The van der Waals surface area contributed by atoms with Gasteiger partial charge in [0.25, 0.3) is 0 Å². The third-order valence-corrected chi connectivity index (χ3v) is 6.07. The van der Waals surface area contributed by atoms with E-state index >= 15 is 0 Å². The van der Waals surface area contributed by atoms with Crippen molar-refractivity contribution in [3.05, 3.63) is 66.5 Å². The maximum absolute atomic E-state index is 13.0. The van der Waals surface area contributed by atoms with E-state index in [2.05, 4.69) is 25.7 Å². The summed E-state index contributed by atoms with van der Waals surface area (Å²) in [6.07, 6.45) is 5.78. The molecule has 1 fully saturated rings. The lowest BCUT2D eigenvalue weighted by atomic mass is 9.97. The third-order valence-electron chi connectivity index (χ3n) is 6.07. The van der Waals surface area contributed by atoms with Crippen molar-refractivity contribution in [2.24, 2.45) is 5.92 Å². The van der Waals surface area contributed by atoms with Crippen LogP contribution in [0.25, 0.3) is 16.7 Å². The molecule has 1 saturated heterocycles. The Morgan fingerprint density at radius 1 is 1.15 bits per heavy atom. The minimum atomic E-state index is -0.0708. The Bertz CT molecular complexity index is 1260. The fourth-order valence-corrected chi connectivity index (χ4v) is 4.50. The van der Waals surface area contributed by atoms with Crippen molar-refractivity contribution < 1.29 is 9.53 Å². The number of rotatable bonds is 6. The highest BCUT2D eigenvalue weighted by Crippen LogP contribution is 2.28. The number of pyridine rings is 1. The van der Waals surface area contributed by atoms with E-state index in [1.54, 1.807) is 6.20 Å². The van der Waals surface area contributed by atoms with Crippen LogP contribution in [-0.2, 0) is 11.3 Å². The van der Waals surface area contributed by atoms with Gasteiger partial charge in [-0.25, -0.2) is 9.97 Å². The largest absolute Gasteiger partial charge is 0.491 e. The van der Waals surface area contributed by atoms with Crippen LogP contribution in [0.3, 0.4) is 0 Å². The second kappa shape index (κ2) is 9.10. The van der Waals surface area contributed by atoms with Crippen LogP contribution in [0.2, 0.25) is 0 Å². The van der Waals surface area contributed by atoms with E-state index < -0.39 is 0 Å².